The molecular formula is C28H29F3N2O3. The number of benzene rings is 2. The first-order chi connectivity index (χ1) is 17.1. The maximum atomic E-state index is 13.5. The number of alkyl halides is 2. The van der Waals surface area contributed by atoms with Crippen molar-refractivity contribution in [2.24, 2.45) is 0 Å². The van der Waals surface area contributed by atoms with Crippen LogP contribution in [0.1, 0.15) is 56.0 Å². The molecule has 2 aromatic carbocycles. The first-order valence-electron chi connectivity index (χ1n) is 11.9. The summed E-state index contributed by atoms with van der Waals surface area (Å²) >= 11 is 0. The smallest absolute Gasteiger partial charge is 0.411 e. The van der Waals surface area contributed by atoms with Crippen LogP contribution in [0.2, 0.25) is 0 Å². The summed E-state index contributed by atoms with van der Waals surface area (Å²) < 4.78 is 46.3. The zero-order chi connectivity index (χ0) is 25.9. The Hall–Kier alpha value is -3.39. The minimum Gasteiger partial charge on any atom is -0.438 e. The molecule has 1 aliphatic heterocycles. The molecular weight excluding hydrogens is 469 g/mol. The van der Waals surface area contributed by atoms with Crippen molar-refractivity contribution in [3.8, 4) is 11.1 Å². The normalized spacial score (nSPS) is 19.2. The van der Waals surface area contributed by atoms with Crippen LogP contribution in [-0.4, -0.2) is 34.2 Å². The Kier molecular flexibility index (Phi) is 7.36. The number of amides is 1. The molecule has 190 valence electrons. The van der Waals surface area contributed by atoms with Crippen LogP contribution in [0.15, 0.2) is 66.9 Å². The molecule has 0 unspecified atom stereocenters. The van der Waals surface area contributed by atoms with E-state index in [1.54, 1.807) is 23.1 Å². The highest BCUT2D eigenvalue weighted by Gasteiger charge is 2.43. The fourth-order valence-electron chi connectivity index (χ4n) is 4.62. The third-order valence-electron chi connectivity index (χ3n) is 6.79. The van der Waals surface area contributed by atoms with Crippen molar-refractivity contribution in [1.82, 2.24) is 9.88 Å². The Morgan fingerprint density at radius 3 is 2.31 bits per heavy atom. The average molecular weight is 499 g/mol. The highest BCUT2D eigenvalue weighted by molar-refractivity contribution is 5.70. The van der Waals surface area contributed by atoms with Crippen LogP contribution in [0.25, 0.3) is 11.1 Å². The number of aromatic nitrogens is 1. The number of hydrogen-bond donors (Lipinski definition) is 1. The van der Waals surface area contributed by atoms with Crippen molar-refractivity contribution in [2.45, 2.75) is 50.7 Å². The molecule has 36 heavy (non-hydrogen) atoms. The first-order valence-corrected chi connectivity index (χ1v) is 11.9. The van der Waals surface area contributed by atoms with Gasteiger partial charge in [-0.05, 0) is 54.7 Å². The fourth-order valence-corrected chi connectivity index (χ4v) is 4.62. The first kappa shape index (κ1) is 25.7. The second kappa shape index (κ2) is 10.3. The molecule has 1 fully saturated rings. The van der Waals surface area contributed by atoms with E-state index in [-0.39, 0.29) is 24.2 Å². The number of carbonyl (C=O) groups excluding carboxylic acids is 1. The average Bonchev–Trinajstić information content (AvgIpc) is 2.87. The van der Waals surface area contributed by atoms with Crippen molar-refractivity contribution in [3.05, 3.63) is 89.5 Å². The van der Waals surface area contributed by atoms with E-state index in [9.17, 15) is 23.1 Å². The summed E-state index contributed by atoms with van der Waals surface area (Å²) in [6.45, 7) is 3.12. The van der Waals surface area contributed by atoms with Gasteiger partial charge in [0, 0.05) is 38.3 Å². The quantitative estimate of drug-likeness (QED) is 0.382. The van der Waals surface area contributed by atoms with Gasteiger partial charge in [-0.15, -0.1) is 0 Å². The molecule has 0 saturated carbocycles. The van der Waals surface area contributed by atoms with Gasteiger partial charge < -0.3 is 14.7 Å². The molecule has 1 saturated heterocycles. The van der Waals surface area contributed by atoms with Crippen LogP contribution in [0, 0.1) is 5.82 Å². The van der Waals surface area contributed by atoms with Crippen LogP contribution in [-0.2, 0) is 16.3 Å². The van der Waals surface area contributed by atoms with Gasteiger partial charge >= 0.3 is 6.09 Å². The summed E-state index contributed by atoms with van der Waals surface area (Å²) in [5.41, 5.74) is 1.95. The topological polar surface area (TPSA) is 62.7 Å². The molecule has 1 aliphatic rings. The maximum Gasteiger partial charge on any atom is 0.411 e. The van der Waals surface area contributed by atoms with Gasteiger partial charge in [0.15, 0.2) is 0 Å². The standard InChI is InChI=1S/C28H29F3N2O3/c1-19(20-4-6-21(7-5-20)22-8-13-25(32-18-22)27(2,30)31)33-16-15-28(14-3-17-34,36-26(33)35)23-9-11-24(29)12-10-23/h4-13,18-19,34H,3,14-17H2,1-2H3/t19-,28+/m0/s1. The second-order valence-electron chi connectivity index (χ2n) is 9.26. The zero-order valence-corrected chi connectivity index (χ0v) is 20.3. The lowest BCUT2D eigenvalue weighted by Gasteiger charge is -2.43. The van der Waals surface area contributed by atoms with Crippen molar-refractivity contribution in [2.75, 3.05) is 13.2 Å². The number of halogens is 3. The number of ether oxygens (including phenoxy) is 1. The van der Waals surface area contributed by atoms with Gasteiger partial charge in [0.1, 0.15) is 17.1 Å². The van der Waals surface area contributed by atoms with E-state index in [0.717, 1.165) is 18.1 Å². The van der Waals surface area contributed by atoms with Crippen LogP contribution in [0.5, 0.6) is 0 Å². The monoisotopic (exact) mass is 498 g/mol. The van der Waals surface area contributed by atoms with E-state index >= 15 is 0 Å². The van der Waals surface area contributed by atoms with Gasteiger partial charge in [0.05, 0.1) is 6.04 Å². The number of carbonyl (C=O) groups is 1. The summed E-state index contributed by atoms with van der Waals surface area (Å²) in [6, 6.07) is 16.1. The summed E-state index contributed by atoms with van der Waals surface area (Å²) in [6.07, 6.45) is 2.35. The zero-order valence-electron chi connectivity index (χ0n) is 20.3. The highest BCUT2D eigenvalue weighted by atomic mass is 19.3. The second-order valence-corrected chi connectivity index (χ2v) is 9.26. The number of pyridine rings is 1. The van der Waals surface area contributed by atoms with Gasteiger partial charge in [0.25, 0.3) is 5.92 Å². The summed E-state index contributed by atoms with van der Waals surface area (Å²) in [5.74, 6) is -3.36. The fraction of sp³-hybridized carbons (Fsp3) is 0.357. The predicted molar refractivity (Wildman–Crippen MR) is 130 cm³/mol. The Labute approximate surface area is 208 Å². The van der Waals surface area contributed by atoms with Crippen LogP contribution < -0.4 is 0 Å². The molecule has 2 heterocycles. The van der Waals surface area contributed by atoms with Gasteiger partial charge in [0.2, 0.25) is 0 Å². The Morgan fingerprint density at radius 2 is 1.75 bits per heavy atom. The van der Waals surface area contributed by atoms with E-state index in [2.05, 4.69) is 4.98 Å². The number of hydrogen-bond acceptors (Lipinski definition) is 4. The van der Waals surface area contributed by atoms with Crippen molar-refractivity contribution in [1.29, 1.82) is 0 Å². The molecule has 8 heteroatoms. The molecule has 0 aliphatic carbocycles. The maximum absolute atomic E-state index is 13.5. The molecule has 0 bridgehead atoms. The summed E-state index contributed by atoms with van der Waals surface area (Å²) in [4.78, 5) is 18.7. The van der Waals surface area contributed by atoms with Gasteiger partial charge in [-0.2, -0.15) is 8.78 Å². The molecule has 2 atom stereocenters. The summed E-state index contributed by atoms with van der Waals surface area (Å²) in [5, 5.41) is 9.36. The minimum absolute atomic E-state index is 0.0356. The number of nitrogens with zero attached hydrogens (tertiary/aromatic N) is 2. The van der Waals surface area contributed by atoms with Gasteiger partial charge in [-0.3, -0.25) is 4.98 Å². The van der Waals surface area contributed by atoms with Crippen molar-refractivity contribution < 1.29 is 27.8 Å². The third-order valence-corrected chi connectivity index (χ3v) is 6.79. The third kappa shape index (κ3) is 5.38. The SMILES string of the molecule is C[C@@H](c1ccc(-c2ccc(C(C)(F)F)nc2)cc1)N1CC[C@](CCCO)(c2ccc(F)cc2)OC1=O. The minimum atomic E-state index is -2.99. The van der Waals surface area contributed by atoms with E-state index < -0.39 is 17.6 Å². The molecule has 4 rings (SSSR count). The predicted octanol–water partition coefficient (Wildman–Crippen LogP) is 6.57. The lowest BCUT2D eigenvalue weighted by atomic mass is 9.84. The Morgan fingerprint density at radius 1 is 1.08 bits per heavy atom. The van der Waals surface area contributed by atoms with E-state index in [4.69, 9.17) is 4.74 Å². The lowest BCUT2D eigenvalue weighted by Crippen LogP contribution is -2.48. The van der Waals surface area contributed by atoms with Crippen LogP contribution in [0.3, 0.4) is 0 Å². The molecule has 3 aromatic rings. The molecule has 0 spiro atoms. The van der Waals surface area contributed by atoms with Crippen molar-refractivity contribution >= 4 is 6.09 Å². The van der Waals surface area contributed by atoms with E-state index in [1.807, 2.05) is 31.2 Å². The molecule has 1 aromatic heterocycles. The molecule has 1 amide bonds. The summed E-state index contributed by atoms with van der Waals surface area (Å²) in [7, 11) is 0. The van der Waals surface area contributed by atoms with Gasteiger partial charge in [-0.1, -0.05) is 42.5 Å². The highest BCUT2D eigenvalue weighted by Crippen LogP contribution is 2.40. The number of cyclic esters (lactones) is 1. The van der Waals surface area contributed by atoms with Gasteiger partial charge in [-0.25, -0.2) is 9.18 Å². The molecule has 0 radical (unpaired) electrons. The number of aliphatic hydroxyl groups excluding tert-OH is 1. The van der Waals surface area contributed by atoms with E-state index in [0.29, 0.717) is 36.9 Å². The largest absolute Gasteiger partial charge is 0.438 e. The Balaban J connectivity index is 1.49. The number of aliphatic hydroxyl groups is 1. The Bertz CT molecular complexity index is 1180. The van der Waals surface area contributed by atoms with E-state index in [1.165, 1.54) is 24.4 Å². The molecule has 5 nitrogen and oxygen atoms in total. The molecule has 1 N–H and O–H groups in total. The number of rotatable bonds is 8. The van der Waals surface area contributed by atoms with Crippen molar-refractivity contribution in [3.63, 3.8) is 0 Å². The van der Waals surface area contributed by atoms with Crippen LogP contribution in [0.4, 0.5) is 18.0 Å². The lowest BCUT2D eigenvalue weighted by molar-refractivity contribution is -0.0680. The van der Waals surface area contributed by atoms with Crippen LogP contribution >= 0.6 is 0 Å².